The van der Waals surface area contributed by atoms with Gasteiger partial charge >= 0.3 is 0 Å². The second-order valence-corrected chi connectivity index (χ2v) is 5.75. The van der Waals surface area contributed by atoms with Crippen LogP contribution in [0.2, 0.25) is 0 Å². The van der Waals surface area contributed by atoms with Crippen LogP contribution >= 0.6 is 0 Å². The Bertz CT molecular complexity index is 850. The molecule has 2 N–H and O–H groups in total. The van der Waals surface area contributed by atoms with Gasteiger partial charge in [0.05, 0.1) is 23.0 Å². The molecule has 0 aliphatic carbocycles. The molecule has 1 aliphatic rings. The molecule has 4 nitrogen and oxygen atoms in total. The lowest BCUT2D eigenvalue weighted by Crippen LogP contribution is -2.19. The highest BCUT2D eigenvalue weighted by Crippen LogP contribution is 2.35. The SMILES string of the molecule is C[C@H]1CC(=O)Nc2cccc(/C(F)=C/c3ccc(C#N)cc3)c2N1. The number of nitriles is 1. The summed E-state index contributed by atoms with van der Waals surface area (Å²) in [5.74, 6) is -0.505. The van der Waals surface area contributed by atoms with Crippen LogP contribution in [-0.4, -0.2) is 11.9 Å². The highest BCUT2D eigenvalue weighted by molar-refractivity contribution is 5.99. The molecule has 24 heavy (non-hydrogen) atoms. The summed E-state index contributed by atoms with van der Waals surface area (Å²) in [6.45, 7) is 1.88. The summed E-state index contributed by atoms with van der Waals surface area (Å²) in [5, 5.41) is 14.8. The van der Waals surface area contributed by atoms with Crippen LogP contribution < -0.4 is 10.6 Å². The molecule has 120 valence electrons. The predicted octanol–water partition coefficient (Wildman–Crippen LogP) is 4.17. The number of fused-ring (bicyclic) bond motifs is 1. The van der Waals surface area contributed by atoms with Gasteiger partial charge in [-0.3, -0.25) is 4.79 Å². The van der Waals surface area contributed by atoms with E-state index in [-0.39, 0.29) is 11.9 Å². The molecular weight excluding hydrogens is 305 g/mol. The number of nitrogens with zero attached hydrogens (tertiary/aromatic N) is 1. The Morgan fingerprint density at radius 1 is 1.29 bits per heavy atom. The van der Waals surface area contributed by atoms with Crippen molar-refractivity contribution in [2.24, 2.45) is 0 Å². The third kappa shape index (κ3) is 3.28. The molecule has 1 amide bonds. The van der Waals surface area contributed by atoms with Gasteiger partial charge in [-0.1, -0.05) is 18.2 Å². The lowest BCUT2D eigenvalue weighted by molar-refractivity contribution is -0.116. The fourth-order valence-corrected chi connectivity index (χ4v) is 2.67. The van der Waals surface area contributed by atoms with E-state index in [0.29, 0.717) is 34.5 Å². The molecule has 2 aromatic rings. The number of rotatable bonds is 2. The summed E-state index contributed by atoms with van der Waals surface area (Å²) in [4.78, 5) is 11.8. The third-order valence-electron chi connectivity index (χ3n) is 3.81. The Morgan fingerprint density at radius 2 is 2.04 bits per heavy atom. The Balaban J connectivity index is 1.99. The zero-order valence-electron chi connectivity index (χ0n) is 13.1. The van der Waals surface area contributed by atoms with Crippen molar-refractivity contribution < 1.29 is 9.18 Å². The Morgan fingerprint density at radius 3 is 2.75 bits per heavy atom. The molecule has 0 spiro atoms. The largest absolute Gasteiger partial charge is 0.380 e. The van der Waals surface area contributed by atoms with Crippen molar-refractivity contribution in [1.29, 1.82) is 5.26 Å². The lowest BCUT2D eigenvalue weighted by Gasteiger charge is -2.15. The maximum atomic E-state index is 14.8. The topological polar surface area (TPSA) is 64.9 Å². The quantitative estimate of drug-likeness (QED) is 0.816. The molecule has 0 unspecified atom stereocenters. The molecule has 5 heteroatoms. The number of amides is 1. The first-order valence-electron chi connectivity index (χ1n) is 7.64. The third-order valence-corrected chi connectivity index (χ3v) is 3.81. The van der Waals surface area contributed by atoms with Gasteiger partial charge in [0.25, 0.3) is 0 Å². The van der Waals surface area contributed by atoms with Gasteiger partial charge in [0.15, 0.2) is 0 Å². The molecule has 1 aliphatic heterocycles. The standard InChI is InChI=1S/C19H16FN3O/c1-12-9-18(24)23-17-4-2-3-15(19(17)22-12)16(20)10-13-5-7-14(11-21)8-6-13/h2-8,10,12,22H,9H2,1H3,(H,23,24)/b16-10-/t12-/m0/s1. The number of para-hydroxylation sites is 1. The highest BCUT2D eigenvalue weighted by atomic mass is 19.1. The van der Waals surface area contributed by atoms with E-state index in [1.807, 2.05) is 13.0 Å². The molecule has 1 atom stereocenters. The summed E-state index contributed by atoms with van der Waals surface area (Å²) in [5.41, 5.74) is 2.74. The van der Waals surface area contributed by atoms with Crippen LogP contribution in [-0.2, 0) is 4.79 Å². The first kappa shape index (κ1) is 15.8. The number of halogens is 1. The van der Waals surface area contributed by atoms with E-state index in [1.165, 1.54) is 6.08 Å². The van der Waals surface area contributed by atoms with Crippen LogP contribution in [0.4, 0.5) is 15.8 Å². The Kier molecular flexibility index (Phi) is 4.30. The molecule has 2 aromatic carbocycles. The maximum Gasteiger partial charge on any atom is 0.226 e. The summed E-state index contributed by atoms with van der Waals surface area (Å²) >= 11 is 0. The number of anilines is 2. The van der Waals surface area contributed by atoms with Gasteiger partial charge in [-0.2, -0.15) is 5.26 Å². The minimum absolute atomic E-state index is 0.0879. The number of benzene rings is 2. The minimum atomic E-state index is -0.410. The van der Waals surface area contributed by atoms with Gasteiger partial charge in [0.2, 0.25) is 5.91 Å². The van der Waals surface area contributed by atoms with Gasteiger partial charge in [-0.25, -0.2) is 4.39 Å². The van der Waals surface area contributed by atoms with E-state index in [4.69, 9.17) is 5.26 Å². The zero-order chi connectivity index (χ0) is 17.1. The van der Waals surface area contributed by atoms with Crippen LogP contribution in [0.25, 0.3) is 11.9 Å². The number of carbonyl (C=O) groups excluding carboxylic acids is 1. The summed E-state index contributed by atoms with van der Waals surface area (Å²) in [7, 11) is 0. The Hall–Kier alpha value is -3.13. The van der Waals surface area contributed by atoms with Crippen molar-refractivity contribution in [2.75, 3.05) is 10.6 Å². The first-order valence-corrected chi connectivity index (χ1v) is 7.64. The zero-order valence-corrected chi connectivity index (χ0v) is 13.1. The second kappa shape index (κ2) is 6.55. The Labute approximate surface area is 139 Å². The van der Waals surface area contributed by atoms with Crippen molar-refractivity contribution in [2.45, 2.75) is 19.4 Å². The van der Waals surface area contributed by atoms with Gasteiger partial charge < -0.3 is 10.6 Å². The monoisotopic (exact) mass is 321 g/mol. The van der Waals surface area contributed by atoms with E-state index < -0.39 is 5.83 Å². The van der Waals surface area contributed by atoms with E-state index in [2.05, 4.69) is 10.6 Å². The number of carbonyl (C=O) groups is 1. The van der Waals surface area contributed by atoms with Gasteiger partial charge in [0.1, 0.15) is 5.83 Å². The van der Waals surface area contributed by atoms with Crippen molar-refractivity contribution >= 4 is 29.2 Å². The van der Waals surface area contributed by atoms with Crippen molar-refractivity contribution in [3.8, 4) is 6.07 Å². The fourth-order valence-electron chi connectivity index (χ4n) is 2.67. The number of nitrogens with one attached hydrogen (secondary N) is 2. The smallest absolute Gasteiger partial charge is 0.226 e. The van der Waals surface area contributed by atoms with E-state index >= 15 is 0 Å². The van der Waals surface area contributed by atoms with Crippen LogP contribution in [0, 0.1) is 11.3 Å². The summed E-state index contributed by atoms with van der Waals surface area (Å²) in [6, 6.07) is 13.7. The van der Waals surface area contributed by atoms with Crippen molar-refractivity contribution in [3.63, 3.8) is 0 Å². The first-order chi connectivity index (χ1) is 11.6. The highest BCUT2D eigenvalue weighted by Gasteiger charge is 2.21. The molecule has 0 saturated carbocycles. The van der Waals surface area contributed by atoms with Crippen molar-refractivity contribution in [1.82, 2.24) is 0 Å². The molecule has 3 rings (SSSR count). The van der Waals surface area contributed by atoms with Crippen LogP contribution in [0.1, 0.15) is 30.0 Å². The molecule has 0 fully saturated rings. The van der Waals surface area contributed by atoms with E-state index in [1.54, 1.807) is 42.5 Å². The van der Waals surface area contributed by atoms with Gasteiger partial charge in [0, 0.05) is 18.0 Å². The summed E-state index contributed by atoms with van der Waals surface area (Å²) in [6.07, 6.45) is 1.74. The van der Waals surface area contributed by atoms with Crippen LogP contribution in [0.3, 0.4) is 0 Å². The van der Waals surface area contributed by atoms with E-state index in [0.717, 1.165) is 0 Å². The molecule has 0 bridgehead atoms. The minimum Gasteiger partial charge on any atom is -0.380 e. The molecular formula is C19H16FN3O. The normalized spacial score (nSPS) is 17.1. The second-order valence-electron chi connectivity index (χ2n) is 5.75. The average Bonchev–Trinajstić information content (AvgIpc) is 2.71. The predicted molar refractivity (Wildman–Crippen MR) is 92.9 cm³/mol. The molecule has 0 radical (unpaired) electrons. The van der Waals surface area contributed by atoms with Gasteiger partial charge in [-0.15, -0.1) is 0 Å². The van der Waals surface area contributed by atoms with Gasteiger partial charge in [-0.05, 0) is 42.8 Å². The lowest BCUT2D eigenvalue weighted by atomic mass is 10.1. The number of hydrogen-bond donors (Lipinski definition) is 2. The summed E-state index contributed by atoms with van der Waals surface area (Å²) < 4.78 is 14.8. The maximum absolute atomic E-state index is 14.8. The molecule has 0 aromatic heterocycles. The average molecular weight is 321 g/mol. The van der Waals surface area contributed by atoms with E-state index in [9.17, 15) is 9.18 Å². The number of hydrogen-bond acceptors (Lipinski definition) is 3. The fraction of sp³-hybridized carbons (Fsp3) is 0.158. The van der Waals surface area contributed by atoms with Crippen LogP contribution in [0.5, 0.6) is 0 Å². The molecule has 1 heterocycles. The van der Waals surface area contributed by atoms with Crippen LogP contribution in [0.15, 0.2) is 42.5 Å². The van der Waals surface area contributed by atoms with Crippen molar-refractivity contribution in [3.05, 3.63) is 59.2 Å². The molecule has 0 saturated heterocycles.